The summed E-state index contributed by atoms with van der Waals surface area (Å²) >= 11 is 0. The van der Waals surface area contributed by atoms with Crippen molar-refractivity contribution in [2.24, 2.45) is 4.99 Å². The molecule has 0 saturated heterocycles. The molecule has 1 unspecified atom stereocenters. The fourth-order valence-corrected chi connectivity index (χ4v) is 0.675. The predicted octanol–water partition coefficient (Wildman–Crippen LogP) is -0.612. The normalized spacial score (nSPS) is 13.4. The molecule has 0 bridgehead atoms. The van der Waals surface area contributed by atoms with Gasteiger partial charge < -0.3 is 16.0 Å². The number of amidine groups is 1. The first-order chi connectivity index (χ1) is 5.65. The van der Waals surface area contributed by atoms with Crippen molar-refractivity contribution in [3.05, 3.63) is 0 Å². The Kier molecular flexibility index (Phi) is 4.67. The third-order valence-electron chi connectivity index (χ3n) is 1.38. The van der Waals surface area contributed by atoms with E-state index in [1.807, 2.05) is 0 Å². The van der Waals surface area contributed by atoms with Crippen LogP contribution in [0.4, 0.5) is 0 Å². The van der Waals surface area contributed by atoms with Crippen LogP contribution in [0.1, 0.15) is 6.92 Å². The van der Waals surface area contributed by atoms with E-state index in [0.29, 0.717) is 5.84 Å². The number of aliphatic imine (C=N–C) groups is 1. The van der Waals surface area contributed by atoms with Gasteiger partial charge in [-0.05, 0) is 6.92 Å². The Morgan fingerprint density at radius 2 is 2.25 bits per heavy atom. The Labute approximate surface area is 71.8 Å². The lowest BCUT2D eigenvalue weighted by Gasteiger charge is -2.11. The minimum absolute atomic E-state index is 0.127. The average Bonchev–Trinajstić information content (AvgIpc) is 2.12. The summed E-state index contributed by atoms with van der Waals surface area (Å²) in [4.78, 5) is 14.7. The number of amides is 1. The van der Waals surface area contributed by atoms with Gasteiger partial charge in [0, 0.05) is 14.1 Å². The number of nitrogens with one attached hydrogen (secondary N) is 3. The molecule has 0 fully saturated rings. The number of likely N-dealkylation sites (N-methyl/N-ethyl adjacent to an activating group) is 1. The first-order valence-electron chi connectivity index (χ1n) is 3.61. The van der Waals surface area contributed by atoms with Gasteiger partial charge in [-0.15, -0.1) is 0 Å². The molecule has 0 aromatic rings. The Balaban J connectivity index is 4.07. The molecular formula is C7H14N4O. The van der Waals surface area contributed by atoms with E-state index < -0.39 is 0 Å². The standard InChI is InChI=1S/C7H14N4O/c1-5(7(12)10-3)11-6(4-8)9-2/h4-5,8H,1-3H3,(H,9,11)(H,10,12). The van der Waals surface area contributed by atoms with Gasteiger partial charge in [0.2, 0.25) is 5.91 Å². The van der Waals surface area contributed by atoms with Crippen LogP contribution in [0, 0.1) is 5.41 Å². The van der Waals surface area contributed by atoms with Gasteiger partial charge in [0.05, 0.1) is 6.21 Å². The maximum Gasteiger partial charge on any atom is 0.241 e. The molecule has 1 amide bonds. The molecule has 0 rings (SSSR count). The SMILES string of the molecule is CN=C(C=N)NC(C)C(=O)NC. The van der Waals surface area contributed by atoms with E-state index >= 15 is 0 Å². The summed E-state index contributed by atoms with van der Waals surface area (Å²) in [5.74, 6) is 0.268. The topological polar surface area (TPSA) is 77.3 Å². The minimum atomic E-state index is -0.365. The van der Waals surface area contributed by atoms with E-state index in [9.17, 15) is 4.79 Å². The van der Waals surface area contributed by atoms with Gasteiger partial charge in [0.15, 0.2) is 0 Å². The zero-order valence-corrected chi connectivity index (χ0v) is 7.51. The van der Waals surface area contributed by atoms with Crippen LogP contribution in [0.2, 0.25) is 0 Å². The van der Waals surface area contributed by atoms with Gasteiger partial charge in [0.1, 0.15) is 11.9 Å². The van der Waals surface area contributed by atoms with Crippen molar-refractivity contribution in [3.63, 3.8) is 0 Å². The largest absolute Gasteiger partial charge is 0.358 e. The van der Waals surface area contributed by atoms with E-state index in [-0.39, 0.29) is 11.9 Å². The summed E-state index contributed by atoms with van der Waals surface area (Å²) in [6, 6.07) is -0.365. The zero-order valence-electron chi connectivity index (χ0n) is 7.51. The van der Waals surface area contributed by atoms with E-state index in [1.54, 1.807) is 21.0 Å². The molecule has 0 aliphatic rings. The highest BCUT2D eigenvalue weighted by Crippen LogP contribution is 1.80. The van der Waals surface area contributed by atoms with Crippen LogP contribution in [0.25, 0.3) is 0 Å². The Hall–Kier alpha value is -1.39. The van der Waals surface area contributed by atoms with Crippen LogP contribution in [0.15, 0.2) is 4.99 Å². The second-order valence-corrected chi connectivity index (χ2v) is 2.23. The number of carbonyl (C=O) groups is 1. The predicted molar refractivity (Wildman–Crippen MR) is 48.8 cm³/mol. The van der Waals surface area contributed by atoms with Crippen molar-refractivity contribution in [2.75, 3.05) is 14.1 Å². The Morgan fingerprint density at radius 1 is 1.67 bits per heavy atom. The van der Waals surface area contributed by atoms with E-state index in [4.69, 9.17) is 5.41 Å². The maximum absolute atomic E-state index is 11.0. The zero-order chi connectivity index (χ0) is 9.56. The average molecular weight is 170 g/mol. The molecule has 68 valence electrons. The van der Waals surface area contributed by atoms with Gasteiger partial charge >= 0.3 is 0 Å². The lowest BCUT2D eigenvalue weighted by atomic mass is 10.3. The fraction of sp³-hybridized carbons (Fsp3) is 0.571. The summed E-state index contributed by atoms with van der Waals surface area (Å²) in [5, 5.41) is 12.1. The van der Waals surface area contributed by atoms with Crippen LogP contribution in [0.3, 0.4) is 0 Å². The highest BCUT2D eigenvalue weighted by Gasteiger charge is 2.10. The van der Waals surface area contributed by atoms with Gasteiger partial charge in [-0.25, -0.2) is 0 Å². The lowest BCUT2D eigenvalue weighted by molar-refractivity contribution is -0.121. The van der Waals surface area contributed by atoms with Crippen LogP contribution in [0.5, 0.6) is 0 Å². The van der Waals surface area contributed by atoms with Crippen molar-refractivity contribution in [1.29, 1.82) is 5.41 Å². The second kappa shape index (κ2) is 5.29. The second-order valence-electron chi connectivity index (χ2n) is 2.23. The van der Waals surface area contributed by atoms with Crippen molar-refractivity contribution >= 4 is 18.0 Å². The first kappa shape index (κ1) is 10.6. The summed E-state index contributed by atoms with van der Waals surface area (Å²) in [6.45, 7) is 1.70. The molecule has 5 nitrogen and oxygen atoms in total. The van der Waals surface area contributed by atoms with Crippen LogP contribution >= 0.6 is 0 Å². The molecule has 0 radical (unpaired) electrons. The van der Waals surface area contributed by atoms with Crippen molar-refractivity contribution in [3.8, 4) is 0 Å². The highest BCUT2D eigenvalue weighted by molar-refractivity contribution is 6.28. The number of nitrogens with zero attached hydrogens (tertiary/aromatic N) is 1. The van der Waals surface area contributed by atoms with Gasteiger partial charge in [-0.3, -0.25) is 9.79 Å². The first-order valence-corrected chi connectivity index (χ1v) is 3.61. The van der Waals surface area contributed by atoms with Crippen LogP contribution < -0.4 is 10.6 Å². The summed E-state index contributed by atoms with van der Waals surface area (Å²) in [5.41, 5.74) is 0. The Bertz CT molecular complexity index is 200. The maximum atomic E-state index is 11.0. The highest BCUT2D eigenvalue weighted by atomic mass is 16.2. The molecule has 5 heteroatoms. The molecule has 12 heavy (non-hydrogen) atoms. The quantitative estimate of drug-likeness (QED) is 0.390. The van der Waals surface area contributed by atoms with Crippen molar-refractivity contribution in [1.82, 2.24) is 10.6 Å². The molecule has 0 spiro atoms. The molecular weight excluding hydrogens is 156 g/mol. The fourth-order valence-electron chi connectivity index (χ4n) is 0.675. The number of rotatable bonds is 3. The molecule has 0 aliphatic carbocycles. The lowest BCUT2D eigenvalue weighted by Crippen LogP contribution is -2.44. The molecule has 0 aromatic carbocycles. The molecule has 0 aromatic heterocycles. The smallest absolute Gasteiger partial charge is 0.241 e. The van der Waals surface area contributed by atoms with Gasteiger partial charge in [-0.2, -0.15) is 0 Å². The Morgan fingerprint density at radius 3 is 2.58 bits per heavy atom. The third-order valence-corrected chi connectivity index (χ3v) is 1.38. The van der Waals surface area contributed by atoms with Crippen molar-refractivity contribution < 1.29 is 4.79 Å². The minimum Gasteiger partial charge on any atom is -0.358 e. The van der Waals surface area contributed by atoms with Crippen LogP contribution in [-0.2, 0) is 4.79 Å². The van der Waals surface area contributed by atoms with E-state index in [2.05, 4.69) is 15.6 Å². The summed E-state index contributed by atoms with van der Waals surface area (Å²) in [6.07, 6.45) is 1.07. The van der Waals surface area contributed by atoms with Gasteiger partial charge in [-0.1, -0.05) is 0 Å². The number of hydrogen-bond acceptors (Lipinski definition) is 3. The van der Waals surface area contributed by atoms with E-state index in [0.717, 1.165) is 6.21 Å². The summed E-state index contributed by atoms with van der Waals surface area (Å²) < 4.78 is 0. The van der Waals surface area contributed by atoms with E-state index in [1.165, 1.54) is 0 Å². The van der Waals surface area contributed by atoms with Gasteiger partial charge in [0.25, 0.3) is 0 Å². The molecule has 3 N–H and O–H groups in total. The van der Waals surface area contributed by atoms with Crippen molar-refractivity contribution in [2.45, 2.75) is 13.0 Å². The monoisotopic (exact) mass is 170 g/mol. The number of hydrogen-bond donors (Lipinski definition) is 3. The van der Waals surface area contributed by atoms with Crippen LogP contribution in [-0.4, -0.2) is 38.1 Å². The summed E-state index contributed by atoms with van der Waals surface area (Å²) in [7, 11) is 3.12. The molecule has 0 aliphatic heterocycles. The third kappa shape index (κ3) is 3.14. The molecule has 1 atom stereocenters. The number of carbonyl (C=O) groups excluding carboxylic acids is 1. The molecule has 0 heterocycles. The molecule has 0 saturated carbocycles.